The minimum Gasteiger partial charge on any atom is -0.485 e. The Bertz CT molecular complexity index is 686. The van der Waals surface area contributed by atoms with E-state index in [2.05, 4.69) is 26.5 Å². The van der Waals surface area contributed by atoms with E-state index in [4.69, 9.17) is 9.47 Å². The van der Waals surface area contributed by atoms with Crippen molar-refractivity contribution < 1.29 is 14.3 Å². The van der Waals surface area contributed by atoms with E-state index in [0.717, 1.165) is 9.35 Å². The topological polar surface area (TPSA) is 59.9 Å². The summed E-state index contributed by atoms with van der Waals surface area (Å²) in [5.41, 5.74) is 2.46. The Labute approximate surface area is 133 Å². The van der Waals surface area contributed by atoms with Crippen LogP contribution in [0.4, 0.5) is 0 Å². The van der Waals surface area contributed by atoms with Gasteiger partial charge < -0.3 is 9.47 Å². The highest BCUT2D eigenvalue weighted by atomic mass is 79.9. The summed E-state index contributed by atoms with van der Waals surface area (Å²) in [6, 6.07) is 9.16. The van der Waals surface area contributed by atoms with E-state index in [9.17, 15) is 4.79 Å². The number of rotatable bonds is 3. The van der Waals surface area contributed by atoms with Gasteiger partial charge in [0.1, 0.15) is 6.61 Å². The molecule has 0 saturated carbocycles. The molecular weight excluding hydrogens is 356 g/mol. The van der Waals surface area contributed by atoms with Crippen LogP contribution >= 0.6 is 27.3 Å². The highest BCUT2D eigenvalue weighted by molar-refractivity contribution is 9.10. The van der Waals surface area contributed by atoms with Gasteiger partial charge in [0.05, 0.1) is 6.21 Å². The van der Waals surface area contributed by atoms with Gasteiger partial charge >= 0.3 is 0 Å². The number of nitrogens with one attached hydrogen (secondary N) is 1. The second-order valence-corrected chi connectivity index (χ2v) is 6.12. The molecule has 0 aliphatic carbocycles. The molecule has 0 saturated heterocycles. The number of carbonyl (C=O) groups is 1. The van der Waals surface area contributed by atoms with Crippen molar-refractivity contribution in [3.8, 4) is 11.5 Å². The van der Waals surface area contributed by atoms with Crippen LogP contribution in [0.2, 0.25) is 0 Å². The third-order valence-electron chi connectivity index (χ3n) is 2.76. The van der Waals surface area contributed by atoms with Gasteiger partial charge in [-0.3, -0.25) is 4.79 Å². The summed E-state index contributed by atoms with van der Waals surface area (Å²) in [6.07, 6.45) is 0.887. The molecule has 1 atom stereocenters. The third kappa shape index (κ3) is 3.43. The van der Waals surface area contributed by atoms with Gasteiger partial charge in [-0.1, -0.05) is 12.1 Å². The smallest absolute Gasteiger partial charge is 0.284 e. The number of ether oxygens (including phenoxy) is 2. The Balaban J connectivity index is 1.58. The van der Waals surface area contributed by atoms with Crippen molar-refractivity contribution in [2.75, 3.05) is 6.61 Å². The first-order valence-corrected chi connectivity index (χ1v) is 7.85. The van der Waals surface area contributed by atoms with Crippen molar-refractivity contribution in [2.45, 2.75) is 6.10 Å². The number of hydrogen-bond donors (Lipinski definition) is 1. The maximum atomic E-state index is 12.0. The molecule has 1 aliphatic heterocycles. The molecule has 1 aromatic heterocycles. The first-order chi connectivity index (χ1) is 10.2. The summed E-state index contributed by atoms with van der Waals surface area (Å²) >= 11 is 4.88. The van der Waals surface area contributed by atoms with Crippen LogP contribution in [0.15, 0.2) is 45.3 Å². The van der Waals surface area contributed by atoms with Crippen molar-refractivity contribution >= 4 is 39.4 Å². The van der Waals surface area contributed by atoms with Gasteiger partial charge in [-0.15, -0.1) is 11.3 Å². The normalized spacial score (nSPS) is 16.9. The molecule has 0 radical (unpaired) electrons. The number of para-hydroxylation sites is 2. The van der Waals surface area contributed by atoms with Crippen LogP contribution in [0.3, 0.4) is 0 Å². The van der Waals surface area contributed by atoms with Gasteiger partial charge in [0, 0.05) is 14.7 Å². The van der Waals surface area contributed by atoms with Crippen molar-refractivity contribution in [3.63, 3.8) is 0 Å². The van der Waals surface area contributed by atoms with Crippen molar-refractivity contribution in [3.05, 3.63) is 45.1 Å². The van der Waals surface area contributed by atoms with Gasteiger partial charge in [-0.05, 0) is 34.1 Å². The monoisotopic (exact) mass is 366 g/mol. The first-order valence-electron chi connectivity index (χ1n) is 6.18. The molecule has 0 spiro atoms. The molecular formula is C14H11BrN2O3S. The number of nitrogens with zero attached hydrogens (tertiary/aromatic N) is 1. The van der Waals surface area contributed by atoms with Gasteiger partial charge in [0.25, 0.3) is 5.91 Å². The maximum Gasteiger partial charge on any atom is 0.284 e. The minimum absolute atomic E-state index is 0.170. The molecule has 1 N–H and O–H groups in total. The SMILES string of the molecule is O=C(N/N=C/c1cc(Br)cs1)C1COc2ccccc2O1. The largest absolute Gasteiger partial charge is 0.485 e. The molecule has 5 nitrogen and oxygen atoms in total. The zero-order valence-electron chi connectivity index (χ0n) is 10.8. The highest BCUT2D eigenvalue weighted by Gasteiger charge is 2.26. The summed E-state index contributed by atoms with van der Waals surface area (Å²) in [5.74, 6) is 0.875. The lowest BCUT2D eigenvalue weighted by Gasteiger charge is -2.24. The van der Waals surface area contributed by atoms with Crippen LogP contribution in [0.5, 0.6) is 11.5 Å². The van der Waals surface area contributed by atoms with E-state index in [1.54, 1.807) is 18.3 Å². The number of hydrazone groups is 1. The molecule has 7 heteroatoms. The van der Waals surface area contributed by atoms with Crippen molar-refractivity contribution in [2.24, 2.45) is 5.10 Å². The van der Waals surface area contributed by atoms with Crippen molar-refractivity contribution in [1.29, 1.82) is 0 Å². The summed E-state index contributed by atoms with van der Waals surface area (Å²) in [4.78, 5) is 12.9. The molecule has 0 bridgehead atoms. The fourth-order valence-corrected chi connectivity index (χ4v) is 3.08. The van der Waals surface area contributed by atoms with E-state index in [0.29, 0.717) is 11.5 Å². The van der Waals surface area contributed by atoms with Gasteiger partial charge in [-0.2, -0.15) is 5.10 Å². The lowest BCUT2D eigenvalue weighted by Crippen LogP contribution is -2.42. The van der Waals surface area contributed by atoms with Crippen LogP contribution in [0, 0.1) is 0 Å². The standard InChI is InChI=1S/C14H11BrN2O3S/c15-9-5-10(21-8-9)6-16-17-14(18)13-7-19-11-3-1-2-4-12(11)20-13/h1-6,8,13H,7H2,(H,17,18)/b16-6+. The Hall–Kier alpha value is -1.86. The lowest BCUT2D eigenvalue weighted by molar-refractivity contribution is -0.130. The third-order valence-corrected chi connectivity index (χ3v) is 4.38. The van der Waals surface area contributed by atoms with Crippen LogP contribution in [-0.4, -0.2) is 24.8 Å². The summed E-state index contributed by atoms with van der Waals surface area (Å²) in [6.45, 7) is 0.170. The number of carbonyl (C=O) groups excluding carboxylic acids is 1. The summed E-state index contributed by atoms with van der Waals surface area (Å²) in [7, 11) is 0. The zero-order valence-corrected chi connectivity index (χ0v) is 13.2. The fraction of sp³-hybridized carbons (Fsp3) is 0.143. The molecule has 21 heavy (non-hydrogen) atoms. The van der Waals surface area contributed by atoms with Gasteiger partial charge in [-0.25, -0.2) is 5.43 Å². The number of benzene rings is 1. The first kappa shape index (κ1) is 14.1. The molecule has 108 valence electrons. The minimum atomic E-state index is -0.702. The number of hydrogen-bond acceptors (Lipinski definition) is 5. The number of fused-ring (bicyclic) bond motifs is 1. The van der Waals surface area contributed by atoms with E-state index in [1.165, 1.54) is 11.3 Å². The second-order valence-electron chi connectivity index (χ2n) is 4.27. The van der Waals surface area contributed by atoms with Crippen LogP contribution in [0.25, 0.3) is 0 Å². The maximum absolute atomic E-state index is 12.0. The van der Waals surface area contributed by atoms with Crippen LogP contribution in [0.1, 0.15) is 4.88 Å². The predicted molar refractivity (Wildman–Crippen MR) is 84.1 cm³/mol. The Kier molecular flexibility index (Phi) is 4.21. The molecule has 1 aromatic carbocycles. The number of thiophene rings is 1. The van der Waals surface area contributed by atoms with E-state index >= 15 is 0 Å². The van der Waals surface area contributed by atoms with Crippen LogP contribution in [-0.2, 0) is 4.79 Å². The second kappa shape index (κ2) is 6.28. The Morgan fingerprint density at radius 2 is 2.24 bits per heavy atom. The van der Waals surface area contributed by atoms with Crippen molar-refractivity contribution in [1.82, 2.24) is 5.43 Å². The molecule has 1 amide bonds. The lowest BCUT2D eigenvalue weighted by atomic mass is 10.2. The average molecular weight is 367 g/mol. The molecule has 1 unspecified atom stereocenters. The highest BCUT2D eigenvalue weighted by Crippen LogP contribution is 2.30. The van der Waals surface area contributed by atoms with E-state index < -0.39 is 6.10 Å². The molecule has 2 aromatic rings. The molecule has 3 rings (SSSR count). The average Bonchev–Trinajstić information content (AvgIpc) is 2.92. The van der Waals surface area contributed by atoms with E-state index in [-0.39, 0.29) is 12.5 Å². The number of amides is 1. The van der Waals surface area contributed by atoms with Gasteiger partial charge in [0.15, 0.2) is 11.5 Å². The Morgan fingerprint density at radius 1 is 1.43 bits per heavy atom. The summed E-state index contributed by atoms with van der Waals surface area (Å²) < 4.78 is 12.1. The quantitative estimate of drug-likeness (QED) is 0.671. The van der Waals surface area contributed by atoms with E-state index in [1.807, 2.05) is 23.6 Å². The Morgan fingerprint density at radius 3 is 3.00 bits per heavy atom. The summed E-state index contributed by atoms with van der Waals surface area (Å²) in [5, 5.41) is 5.86. The molecule has 2 heterocycles. The number of halogens is 1. The zero-order chi connectivity index (χ0) is 14.7. The molecule has 0 fully saturated rings. The fourth-order valence-electron chi connectivity index (χ4n) is 1.78. The molecule has 1 aliphatic rings. The predicted octanol–water partition coefficient (Wildman–Crippen LogP) is 2.80. The van der Waals surface area contributed by atoms with Crippen LogP contribution < -0.4 is 14.9 Å². The van der Waals surface area contributed by atoms with Gasteiger partial charge in [0.2, 0.25) is 6.10 Å².